The molecule has 6 nitrogen and oxygen atoms in total. The number of amides is 1. The van der Waals surface area contributed by atoms with E-state index in [-0.39, 0.29) is 17.5 Å². The fourth-order valence-electron chi connectivity index (χ4n) is 4.40. The van der Waals surface area contributed by atoms with Crippen molar-refractivity contribution >= 4 is 52.2 Å². The number of rotatable bonds is 5. The van der Waals surface area contributed by atoms with Gasteiger partial charge in [-0.05, 0) is 67.1 Å². The SMILES string of the molecule is O=C(O)c1cccc(N=C2S/C(=C/c3ccc(-c4cccc(Cl)c4)o3)C(=O)N2C2CCCCC2)c1. The van der Waals surface area contributed by atoms with E-state index >= 15 is 0 Å². The van der Waals surface area contributed by atoms with Crippen LogP contribution in [0.4, 0.5) is 5.69 Å². The molecule has 1 amide bonds. The van der Waals surface area contributed by atoms with Gasteiger partial charge in [0, 0.05) is 22.7 Å². The van der Waals surface area contributed by atoms with Gasteiger partial charge in [0.15, 0.2) is 5.17 Å². The third-order valence-electron chi connectivity index (χ3n) is 6.10. The highest BCUT2D eigenvalue weighted by molar-refractivity contribution is 8.18. The van der Waals surface area contributed by atoms with Gasteiger partial charge in [-0.1, -0.05) is 49.1 Å². The van der Waals surface area contributed by atoms with E-state index in [9.17, 15) is 14.7 Å². The number of hydrogen-bond acceptors (Lipinski definition) is 5. The largest absolute Gasteiger partial charge is 0.478 e. The van der Waals surface area contributed by atoms with Gasteiger partial charge in [-0.15, -0.1) is 0 Å². The van der Waals surface area contributed by atoms with Crippen LogP contribution in [0.15, 0.2) is 75.0 Å². The summed E-state index contributed by atoms with van der Waals surface area (Å²) < 4.78 is 5.99. The molecule has 2 aromatic carbocycles. The first-order valence-corrected chi connectivity index (χ1v) is 12.7. The maximum atomic E-state index is 13.5. The summed E-state index contributed by atoms with van der Waals surface area (Å²) in [5.41, 5.74) is 1.52. The van der Waals surface area contributed by atoms with Crippen molar-refractivity contribution in [2.24, 2.45) is 4.99 Å². The standard InChI is InChI=1S/C27H23ClN2O4S/c28-19-8-4-6-17(14-19)23-13-12-22(34-23)16-24-25(31)30(21-10-2-1-3-11-21)27(35-24)29-20-9-5-7-18(15-20)26(32)33/h4-9,12-16,21H,1-3,10-11H2,(H,32,33)/b24-16+,29-27?. The number of thioether (sulfide) groups is 1. The van der Waals surface area contributed by atoms with E-state index in [2.05, 4.69) is 0 Å². The molecule has 1 saturated carbocycles. The van der Waals surface area contributed by atoms with Gasteiger partial charge >= 0.3 is 5.97 Å². The minimum atomic E-state index is -1.01. The molecule has 0 spiro atoms. The van der Waals surface area contributed by atoms with Gasteiger partial charge in [-0.25, -0.2) is 9.79 Å². The van der Waals surface area contributed by atoms with E-state index in [1.54, 1.807) is 29.2 Å². The molecule has 0 radical (unpaired) electrons. The summed E-state index contributed by atoms with van der Waals surface area (Å²) in [5, 5.41) is 10.5. The van der Waals surface area contributed by atoms with Gasteiger partial charge in [0.05, 0.1) is 16.2 Å². The van der Waals surface area contributed by atoms with E-state index in [0.29, 0.717) is 32.3 Å². The Kier molecular flexibility index (Phi) is 6.79. The lowest BCUT2D eigenvalue weighted by molar-refractivity contribution is -0.124. The zero-order chi connectivity index (χ0) is 24.4. The number of carbonyl (C=O) groups excluding carboxylic acids is 1. The summed E-state index contributed by atoms with van der Waals surface area (Å²) >= 11 is 7.40. The van der Waals surface area contributed by atoms with E-state index in [1.165, 1.54) is 30.3 Å². The van der Waals surface area contributed by atoms with Crippen molar-refractivity contribution < 1.29 is 19.1 Å². The highest BCUT2D eigenvalue weighted by atomic mass is 35.5. The number of benzene rings is 2. The van der Waals surface area contributed by atoms with Crippen LogP contribution in [0, 0.1) is 0 Å². The molecule has 2 fully saturated rings. The minimum Gasteiger partial charge on any atom is -0.478 e. The van der Waals surface area contributed by atoms with Crippen LogP contribution < -0.4 is 0 Å². The molecule has 1 saturated heterocycles. The third kappa shape index (κ3) is 5.21. The van der Waals surface area contributed by atoms with Crippen LogP contribution in [0.3, 0.4) is 0 Å². The second kappa shape index (κ2) is 10.1. The van der Waals surface area contributed by atoms with Crippen molar-refractivity contribution in [2.75, 3.05) is 0 Å². The van der Waals surface area contributed by atoms with Crippen molar-refractivity contribution in [3.63, 3.8) is 0 Å². The monoisotopic (exact) mass is 506 g/mol. The number of carbonyl (C=O) groups is 2. The molecular formula is C27H23ClN2O4S. The number of aromatic carboxylic acids is 1. The molecular weight excluding hydrogens is 484 g/mol. The Bertz CT molecular complexity index is 1340. The van der Waals surface area contributed by atoms with Crippen LogP contribution in [-0.4, -0.2) is 33.1 Å². The molecule has 178 valence electrons. The Morgan fingerprint density at radius 3 is 2.66 bits per heavy atom. The van der Waals surface area contributed by atoms with Crippen LogP contribution in [-0.2, 0) is 4.79 Å². The number of aliphatic imine (C=N–C) groups is 1. The Labute approximate surface area is 212 Å². The second-order valence-corrected chi connectivity index (χ2v) is 9.99. The van der Waals surface area contributed by atoms with Gasteiger partial charge in [0.1, 0.15) is 11.5 Å². The third-order valence-corrected chi connectivity index (χ3v) is 7.32. The Morgan fingerprint density at radius 1 is 1.09 bits per heavy atom. The normalized spacial score (nSPS) is 19.1. The molecule has 8 heteroatoms. The number of carboxylic acids is 1. The van der Waals surface area contributed by atoms with Crippen LogP contribution in [0.5, 0.6) is 0 Å². The number of nitrogens with zero attached hydrogens (tertiary/aromatic N) is 2. The lowest BCUT2D eigenvalue weighted by Gasteiger charge is -2.30. The molecule has 3 aromatic rings. The van der Waals surface area contributed by atoms with Crippen LogP contribution >= 0.6 is 23.4 Å². The van der Waals surface area contributed by atoms with E-state index in [1.807, 2.05) is 30.3 Å². The molecule has 35 heavy (non-hydrogen) atoms. The Hall–Kier alpha value is -3.29. The first-order chi connectivity index (χ1) is 17.0. The van der Waals surface area contributed by atoms with Crippen LogP contribution in [0.2, 0.25) is 5.02 Å². The Morgan fingerprint density at radius 2 is 1.89 bits per heavy atom. The number of carboxylic acid groups (broad SMARTS) is 1. The zero-order valence-corrected chi connectivity index (χ0v) is 20.4. The van der Waals surface area contributed by atoms with E-state index < -0.39 is 5.97 Å². The molecule has 1 aliphatic carbocycles. The van der Waals surface area contributed by atoms with Gasteiger partial charge in [0.25, 0.3) is 5.91 Å². The highest BCUT2D eigenvalue weighted by Gasteiger charge is 2.38. The van der Waals surface area contributed by atoms with Gasteiger partial charge in [-0.2, -0.15) is 0 Å². The molecule has 5 rings (SSSR count). The topological polar surface area (TPSA) is 83.1 Å². The predicted molar refractivity (Wildman–Crippen MR) is 139 cm³/mol. The molecule has 1 aromatic heterocycles. The summed E-state index contributed by atoms with van der Waals surface area (Å²) in [6.07, 6.45) is 6.90. The first-order valence-electron chi connectivity index (χ1n) is 11.5. The summed E-state index contributed by atoms with van der Waals surface area (Å²) in [6, 6.07) is 17.6. The van der Waals surface area contributed by atoms with E-state index in [4.69, 9.17) is 21.0 Å². The van der Waals surface area contributed by atoms with Crippen molar-refractivity contribution in [3.8, 4) is 11.3 Å². The summed E-state index contributed by atoms with van der Waals surface area (Å²) in [5.74, 6) is 0.114. The summed E-state index contributed by atoms with van der Waals surface area (Å²) in [4.78, 5) is 31.9. The first kappa shape index (κ1) is 23.5. The molecule has 2 aliphatic rings. The van der Waals surface area contributed by atoms with Crippen LogP contribution in [0.25, 0.3) is 17.4 Å². The lowest BCUT2D eigenvalue weighted by atomic mass is 9.94. The molecule has 0 unspecified atom stereocenters. The average Bonchev–Trinajstić information content (AvgIpc) is 3.44. The predicted octanol–water partition coefficient (Wildman–Crippen LogP) is 7.23. The lowest BCUT2D eigenvalue weighted by Crippen LogP contribution is -2.40. The van der Waals surface area contributed by atoms with Crippen molar-refractivity contribution in [1.29, 1.82) is 0 Å². The molecule has 2 heterocycles. The number of hydrogen-bond donors (Lipinski definition) is 1. The fraction of sp³-hybridized carbons (Fsp3) is 0.222. The summed E-state index contributed by atoms with van der Waals surface area (Å²) in [7, 11) is 0. The number of furan rings is 1. The van der Waals surface area contributed by atoms with Gasteiger partial charge in [0.2, 0.25) is 0 Å². The van der Waals surface area contributed by atoms with E-state index in [0.717, 1.165) is 31.2 Å². The molecule has 0 bridgehead atoms. The van der Waals surface area contributed by atoms with Gasteiger partial charge < -0.3 is 9.52 Å². The zero-order valence-electron chi connectivity index (χ0n) is 18.8. The average molecular weight is 507 g/mol. The molecule has 1 N–H and O–H groups in total. The maximum absolute atomic E-state index is 13.5. The van der Waals surface area contributed by atoms with Crippen molar-refractivity contribution in [3.05, 3.63) is 81.9 Å². The highest BCUT2D eigenvalue weighted by Crippen LogP contribution is 2.39. The number of amidine groups is 1. The molecule has 0 atom stereocenters. The fourth-order valence-corrected chi connectivity index (χ4v) is 5.63. The smallest absolute Gasteiger partial charge is 0.335 e. The summed E-state index contributed by atoms with van der Waals surface area (Å²) in [6.45, 7) is 0. The maximum Gasteiger partial charge on any atom is 0.335 e. The van der Waals surface area contributed by atoms with Crippen molar-refractivity contribution in [1.82, 2.24) is 4.90 Å². The van der Waals surface area contributed by atoms with Crippen molar-refractivity contribution in [2.45, 2.75) is 38.1 Å². The van der Waals surface area contributed by atoms with Crippen LogP contribution in [0.1, 0.15) is 48.2 Å². The molecule has 1 aliphatic heterocycles. The quantitative estimate of drug-likeness (QED) is 0.369. The Balaban J connectivity index is 1.48. The van der Waals surface area contributed by atoms with Gasteiger partial charge in [-0.3, -0.25) is 9.69 Å². The number of halogens is 1. The minimum absolute atomic E-state index is 0.0784. The second-order valence-electron chi connectivity index (χ2n) is 8.54.